The number of hydrazone groups is 1. The molecule has 0 saturated heterocycles. The van der Waals surface area contributed by atoms with Crippen molar-refractivity contribution >= 4 is 34.6 Å². The molecule has 3 nitrogen and oxygen atoms in total. The molecule has 5 heteroatoms. The Morgan fingerprint density at radius 3 is 2.69 bits per heavy atom. The fourth-order valence-corrected chi connectivity index (χ4v) is 1.59. The summed E-state index contributed by atoms with van der Waals surface area (Å²) in [6.45, 7) is 3.61. The van der Waals surface area contributed by atoms with Crippen LogP contribution in [0.5, 0.6) is 0 Å². The Morgan fingerprint density at radius 2 is 2.23 bits per heavy atom. The normalized spacial score (nSPS) is 9.46. The minimum Gasteiger partial charge on any atom is -0.266 e. The van der Waals surface area contributed by atoms with Crippen LogP contribution in [0.4, 0.5) is 0 Å². The van der Waals surface area contributed by atoms with E-state index < -0.39 is 0 Å². The van der Waals surface area contributed by atoms with E-state index in [-0.39, 0.29) is 5.91 Å². The molecule has 0 radical (unpaired) electrons. The van der Waals surface area contributed by atoms with Gasteiger partial charge in [0.1, 0.15) is 0 Å². The van der Waals surface area contributed by atoms with Crippen molar-refractivity contribution in [3.63, 3.8) is 0 Å². The summed E-state index contributed by atoms with van der Waals surface area (Å²) >= 11 is 6.90. The second-order valence-electron chi connectivity index (χ2n) is 2.60. The Morgan fingerprint density at radius 1 is 1.54 bits per heavy atom. The number of carbonyl (C=O) groups is 1. The summed E-state index contributed by atoms with van der Waals surface area (Å²) in [7, 11) is 0. The lowest BCUT2D eigenvalue weighted by molar-refractivity contribution is 0.0959. The molecule has 0 atom stereocenters. The minimum absolute atomic E-state index is 0.224. The first-order valence-corrected chi connectivity index (χ1v) is 4.85. The lowest BCUT2D eigenvalue weighted by Gasteiger charge is -1.95. The number of hydrogen-bond acceptors (Lipinski definition) is 3. The Kier molecular flexibility index (Phi) is 3.45. The van der Waals surface area contributed by atoms with Crippen LogP contribution in [0.2, 0.25) is 4.34 Å². The van der Waals surface area contributed by atoms with Crippen LogP contribution in [0.1, 0.15) is 23.5 Å². The van der Waals surface area contributed by atoms with Gasteiger partial charge in [0.25, 0.3) is 5.91 Å². The summed E-state index contributed by atoms with van der Waals surface area (Å²) in [6.07, 6.45) is 0. The van der Waals surface area contributed by atoms with Gasteiger partial charge in [0.15, 0.2) is 0 Å². The van der Waals surface area contributed by atoms with E-state index in [2.05, 4.69) is 10.5 Å². The molecule has 1 amide bonds. The quantitative estimate of drug-likeness (QED) is 0.599. The van der Waals surface area contributed by atoms with Crippen LogP contribution in [0.3, 0.4) is 0 Å². The molecule has 70 valence electrons. The second-order valence-corrected chi connectivity index (χ2v) is 4.32. The maximum absolute atomic E-state index is 11.3. The molecular formula is C8H9ClN2OS. The molecule has 0 aliphatic rings. The smallest absolute Gasteiger partial charge is 0.266 e. The predicted molar refractivity (Wildman–Crippen MR) is 55.6 cm³/mol. The van der Waals surface area contributed by atoms with E-state index in [1.54, 1.807) is 12.1 Å². The molecule has 0 saturated carbocycles. The van der Waals surface area contributed by atoms with Crippen molar-refractivity contribution in [1.82, 2.24) is 5.43 Å². The average molecular weight is 217 g/mol. The van der Waals surface area contributed by atoms with Gasteiger partial charge in [-0.2, -0.15) is 5.10 Å². The highest BCUT2D eigenvalue weighted by molar-refractivity contribution is 7.17. The first kappa shape index (κ1) is 10.2. The summed E-state index contributed by atoms with van der Waals surface area (Å²) in [5, 5.41) is 3.79. The van der Waals surface area contributed by atoms with E-state index in [9.17, 15) is 4.79 Å². The predicted octanol–water partition coefficient (Wildman–Crippen LogP) is 2.53. The molecule has 0 spiro atoms. The third-order valence-electron chi connectivity index (χ3n) is 1.18. The van der Waals surface area contributed by atoms with Crippen molar-refractivity contribution in [2.24, 2.45) is 5.10 Å². The Bertz CT molecular complexity index is 342. The number of halogens is 1. The van der Waals surface area contributed by atoms with Gasteiger partial charge in [-0.25, -0.2) is 5.43 Å². The van der Waals surface area contributed by atoms with Gasteiger partial charge in [-0.3, -0.25) is 4.79 Å². The van der Waals surface area contributed by atoms with Gasteiger partial charge in [0.05, 0.1) is 9.21 Å². The molecule has 1 aromatic heterocycles. The van der Waals surface area contributed by atoms with Crippen molar-refractivity contribution in [2.75, 3.05) is 0 Å². The van der Waals surface area contributed by atoms with E-state index in [0.29, 0.717) is 9.21 Å². The summed E-state index contributed by atoms with van der Waals surface area (Å²) in [4.78, 5) is 11.9. The van der Waals surface area contributed by atoms with Gasteiger partial charge in [0.2, 0.25) is 0 Å². The van der Waals surface area contributed by atoms with Crippen molar-refractivity contribution in [3.8, 4) is 0 Å². The Hall–Kier alpha value is -0.870. The topological polar surface area (TPSA) is 41.5 Å². The lowest BCUT2D eigenvalue weighted by atomic mass is 10.4. The van der Waals surface area contributed by atoms with Crippen LogP contribution in [-0.2, 0) is 0 Å². The molecule has 0 unspecified atom stereocenters. The largest absolute Gasteiger partial charge is 0.281 e. The lowest BCUT2D eigenvalue weighted by Crippen LogP contribution is -2.16. The monoisotopic (exact) mass is 216 g/mol. The zero-order chi connectivity index (χ0) is 9.84. The second kappa shape index (κ2) is 4.39. The molecule has 1 rings (SSSR count). The number of nitrogens with zero attached hydrogens (tertiary/aromatic N) is 1. The van der Waals surface area contributed by atoms with Crippen LogP contribution in [0, 0.1) is 0 Å². The van der Waals surface area contributed by atoms with Gasteiger partial charge in [-0.1, -0.05) is 11.6 Å². The van der Waals surface area contributed by atoms with E-state index in [4.69, 9.17) is 11.6 Å². The number of hydrogen-bond donors (Lipinski definition) is 1. The van der Waals surface area contributed by atoms with Gasteiger partial charge in [-0.15, -0.1) is 11.3 Å². The molecule has 0 aliphatic carbocycles. The molecule has 0 aromatic carbocycles. The van der Waals surface area contributed by atoms with Crippen molar-refractivity contribution < 1.29 is 4.79 Å². The average Bonchev–Trinajstić information content (AvgIpc) is 2.47. The molecule has 1 N–H and O–H groups in total. The highest BCUT2D eigenvalue weighted by Gasteiger charge is 2.06. The number of rotatable bonds is 2. The minimum atomic E-state index is -0.224. The van der Waals surface area contributed by atoms with E-state index in [0.717, 1.165) is 5.71 Å². The number of thiophene rings is 1. The summed E-state index contributed by atoms with van der Waals surface area (Å²) in [5.41, 5.74) is 3.21. The Balaban J connectivity index is 2.64. The van der Waals surface area contributed by atoms with Gasteiger partial charge in [-0.05, 0) is 26.0 Å². The molecular weight excluding hydrogens is 208 g/mol. The van der Waals surface area contributed by atoms with E-state index in [1.165, 1.54) is 11.3 Å². The van der Waals surface area contributed by atoms with Crippen molar-refractivity contribution in [3.05, 3.63) is 21.3 Å². The highest BCUT2D eigenvalue weighted by Crippen LogP contribution is 2.20. The molecule has 1 heterocycles. The zero-order valence-corrected chi connectivity index (χ0v) is 8.87. The SMILES string of the molecule is CC(C)=NNC(=O)c1ccc(Cl)s1. The van der Waals surface area contributed by atoms with Crippen molar-refractivity contribution in [2.45, 2.75) is 13.8 Å². The number of carbonyl (C=O) groups excluding carboxylic acids is 1. The standard InChI is InChI=1S/C8H9ClN2OS/c1-5(2)10-11-8(12)6-3-4-7(9)13-6/h3-4H,1-2H3,(H,11,12). The summed E-state index contributed by atoms with van der Waals surface area (Å²) in [6, 6.07) is 3.35. The maximum atomic E-state index is 11.3. The van der Waals surface area contributed by atoms with Gasteiger partial charge >= 0.3 is 0 Å². The molecule has 0 fully saturated rings. The van der Waals surface area contributed by atoms with Crippen LogP contribution in [-0.4, -0.2) is 11.6 Å². The van der Waals surface area contributed by atoms with Crippen LogP contribution in [0.25, 0.3) is 0 Å². The van der Waals surface area contributed by atoms with E-state index >= 15 is 0 Å². The maximum Gasteiger partial charge on any atom is 0.281 e. The fraction of sp³-hybridized carbons (Fsp3) is 0.250. The van der Waals surface area contributed by atoms with Crippen LogP contribution in [0.15, 0.2) is 17.2 Å². The van der Waals surface area contributed by atoms with Crippen molar-refractivity contribution in [1.29, 1.82) is 0 Å². The summed E-state index contributed by atoms with van der Waals surface area (Å²) < 4.78 is 0.599. The molecule has 13 heavy (non-hydrogen) atoms. The number of nitrogens with one attached hydrogen (secondary N) is 1. The third kappa shape index (κ3) is 3.16. The van der Waals surface area contributed by atoms with Crippen LogP contribution < -0.4 is 5.43 Å². The molecule has 1 aromatic rings. The van der Waals surface area contributed by atoms with Gasteiger partial charge < -0.3 is 0 Å². The zero-order valence-electron chi connectivity index (χ0n) is 7.30. The Labute approximate surface area is 85.4 Å². The fourth-order valence-electron chi connectivity index (χ4n) is 0.654. The molecule has 0 aliphatic heterocycles. The van der Waals surface area contributed by atoms with Crippen LogP contribution >= 0.6 is 22.9 Å². The highest BCUT2D eigenvalue weighted by atomic mass is 35.5. The summed E-state index contributed by atoms with van der Waals surface area (Å²) in [5.74, 6) is -0.224. The first-order valence-electron chi connectivity index (χ1n) is 3.66. The molecule has 0 bridgehead atoms. The number of amides is 1. The third-order valence-corrected chi connectivity index (χ3v) is 2.41. The van der Waals surface area contributed by atoms with Gasteiger partial charge in [0, 0.05) is 5.71 Å². The van der Waals surface area contributed by atoms with E-state index in [1.807, 2.05) is 13.8 Å². The first-order chi connectivity index (χ1) is 6.09.